The number of carbonyl (C=O) groups excluding carboxylic acids is 2. The zero-order valence-corrected chi connectivity index (χ0v) is 13.6. The molecule has 0 saturated carbocycles. The molecule has 1 aromatic heterocycles. The minimum Gasteiger partial charge on any atom is -0.339 e. The summed E-state index contributed by atoms with van der Waals surface area (Å²) in [6.45, 7) is -0.147. The summed E-state index contributed by atoms with van der Waals surface area (Å²) in [7, 11) is 0. The maximum absolute atomic E-state index is 12.1. The Hall–Kier alpha value is -3.72. The fourth-order valence-corrected chi connectivity index (χ4v) is 1.82. The Morgan fingerprint density at radius 3 is 2.50 bits per heavy atom. The second kappa shape index (κ2) is 9.55. The van der Waals surface area contributed by atoms with Crippen LogP contribution in [-0.2, 0) is 4.79 Å². The van der Waals surface area contributed by atoms with Crippen LogP contribution in [0.25, 0.3) is 0 Å². The number of nitrogens with two attached hydrogens (primary N) is 1. The molecule has 0 aliphatic carbocycles. The highest BCUT2D eigenvalue weighted by molar-refractivity contribution is 5.97. The molecule has 26 heavy (non-hydrogen) atoms. The van der Waals surface area contributed by atoms with E-state index in [4.69, 9.17) is 10.9 Å². The van der Waals surface area contributed by atoms with Gasteiger partial charge in [0.25, 0.3) is 11.8 Å². The number of hydrogen-bond donors (Lipinski definition) is 4. The standard InChI is InChI=1S/C18H15N5O3/c19-11-16(18(25)23-26)22-17(24)14-7-5-13(6-8-14)3-1-2-4-15-12-20-9-10-21-15/h5-10,12,16,26H,11,19H2,(H,22,24)(H,23,25)/t16-/m0/s1. The van der Waals surface area contributed by atoms with Crippen molar-refractivity contribution in [3.8, 4) is 23.7 Å². The van der Waals surface area contributed by atoms with E-state index >= 15 is 0 Å². The number of nitrogens with one attached hydrogen (secondary N) is 2. The molecule has 1 aromatic carbocycles. The number of carbonyl (C=O) groups is 2. The smallest absolute Gasteiger partial charge is 0.267 e. The second-order valence-corrected chi connectivity index (χ2v) is 4.91. The average Bonchev–Trinajstić information content (AvgIpc) is 2.70. The Balaban J connectivity index is 2.00. The molecule has 0 aliphatic rings. The Kier molecular flexibility index (Phi) is 6.83. The van der Waals surface area contributed by atoms with Gasteiger partial charge in [0.1, 0.15) is 11.7 Å². The van der Waals surface area contributed by atoms with Crippen LogP contribution >= 0.6 is 0 Å². The Morgan fingerprint density at radius 1 is 1.15 bits per heavy atom. The maximum atomic E-state index is 12.1. The lowest BCUT2D eigenvalue weighted by Gasteiger charge is -2.14. The van der Waals surface area contributed by atoms with Gasteiger partial charge in [-0.2, -0.15) is 0 Å². The third-order valence-corrected chi connectivity index (χ3v) is 3.14. The summed E-state index contributed by atoms with van der Waals surface area (Å²) in [6, 6.07) is 5.38. The molecule has 8 nitrogen and oxygen atoms in total. The van der Waals surface area contributed by atoms with Gasteiger partial charge >= 0.3 is 0 Å². The van der Waals surface area contributed by atoms with Crippen LogP contribution in [0, 0.1) is 23.7 Å². The zero-order valence-electron chi connectivity index (χ0n) is 13.6. The van der Waals surface area contributed by atoms with Gasteiger partial charge in [-0.05, 0) is 42.0 Å². The van der Waals surface area contributed by atoms with Gasteiger partial charge in [0.05, 0.1) is 6.20 Å². The number of benzene rings is 1. The Morgan fingerprint density at radius 2 is 1.88 bits per heavy atom. The molecule has 2 amide bonds. The highest BCUT2D eigenvalue weighted by Crippen LogP contribution is 2.03. The van der Waals surface area contributed by atoms with Gasteiger partial charge in [-0.1, -0.05) is 5.92 Å². The molecule has 0 fully saturated rings. The molecule has 2 aromatic rings. The molecule has 0 aliphatic heterocycles. The molecule has 0 radical (unpaired) electrons. The van der Waals surface area contributed by atoms with E-state index in [0.717, 1.165) is 0 Å². The topological polar surface area (TPSA) is 130 Å². The second-order valence-electron chi connectivity index (χ2n) is 4.91. The van der Waals surface area contributed by atoms with Crippen molar-refractivity contribution in [3.05, 3.63) is 59.7 Å². The lowest BCUT2D eigenvalue weighted by molar-refractivity contribution is -0.130. The molecule has 0 saturated heterocycles. The van der Waals surface area contributed by atoms with E-state index in [0.29, 0.717) is 16.8 Å². The SMILES string of the molecule is NC[C@H](NC(=O)c1ccc(C#CC#Cc2cnccn2)cc1)C(=O)NO. The molecule has 130 valence electrons. The highest BCUT2D eigenvalue weighted by atomic mass is 16.5. The molecule has 0 bridgehead atoms. The van der Waals surface area contributed by atoms with Crippen molar-refractivity contribution in [1.29, 1.82) is 0 Å². The van der Waals surface area contributed by atoms with Crippen LogP contribution in [0.3, 0.4) is 0 Å². The van der Waals surface area contributed by atoms with Crippen LogP contribution in [0.2, 0.25) is 0 Å². The lowest BCUT2D eigenvalue weighted by atomic mass is 10.1. The number of hydrogen-bond acceptors (Lipinski definition) is 6. The summed E-state index contributed by atoms with van der Waals surface area (Å²) in [4.78, 5) is 31.3. The summed E-state index contributed by atoms with van der Waals surface area (Å²) < 4.78 is 0. The van der Waals surface area contributed by atoms with Gasteiger partial charge in [0.15, 0.2) is 0 Å². The summed E-state index contributed by atoms with van der Waals surface area (Å²) in [5, 5.41) is 11.0. The van der Waals surface area contributed by atoms with Gasteiger partial charge in [0.2, 0.25) is 0 Å². The first-order valence-electron chi connectivity index (χ1n) is 7.47. The molecular weight excluding hydrogens is 334 g/mol. The van der Waals surface area contributed by atoms with Crippen LogP contribution in [-0.4, -0.2) is 39.6 Å². The Bertz CT molecular complexity index is 890. The third-order valence-electron chi connectivity index (χ3n) is 3.14. The van der Waals surface area contributed by atoms with Gasteiger partial charge in [-0.3, -0.25) is 19.8 Å². The predicted octanol–water partition coefficient (Wildman–Crippen LogP) is -0.558. The van der Waals surface area contributed by atoms with E-state index in [2.05, 4.69) is 39.0 Å². The largest absolute Gasteiger partial charge is 0.339 e. The van der Waals surface area contributed by atoms with Crippen molar-refractivity contribution in [2.45, 2.75) is 6.04 Å². The summed E-state index contributed by atoms with van der Waals surface area (Å²) in [6.07, 6.45) is 4.63. The molecular formula is C18H15N5O3. The zero-order chi connectivity index (χ0) is 18.8. The fourth-order valence-electron chi connectivity index (χ4n) is 1.82. The predicted molar refractivity (Wildman–Crippen MR) is 92.5 cm³/mol. The van der Waals surface area contributed by atoms with E-state index in [1.807, 2.05) is 0 Å². The minimum atomic E-state index is -1.02. The van der Waals surface area contributed by atoms with E-state index in [-0.39, 0.29) is 6.54 Å². The van der Waals surface area contributed by atoms with E-state index in [1.165, 1.54) is 11.7 Å². The molecule has 0 spiro atoms. The van der Waals surface area contributed by atoms with E-state index < -0.39 is 17.9 Å². The molecule has 1 heterocycles. The van der Waals surface area contributed by atoms with E-state index in [1.54, 1.807) is 36.7 Å². The lowest BCUT2D eigenvalue weighted by Crippen LogP contribution is -2.50. The number of rotatable bonds is 4. The van der Waals surface area contributed by atoms with Gasteiger partial charge in [0, 0.05) is 30.1 Å². The first-order valence-corrected chi connectivity index (χ1v) is 7.47. The molecule has 5 N–H and O–H groups in total. The fraction of sp³-hybridized carbons (Fsp3) is 0.111. The van der Waals surface area contributed by atoms with Crippen LogP contribution in [0.15, 0.2) is 42.9 Å². The summed E-state index contributed by atoms with van der Waals surface area (Å²) in [5.41, 5.74) is 8.35. The maximum Gasteiger partial charge on any atom is 0.267 e. The Labute approximate surface area is 149 Å². The molecule has 1 atom stereocenters. The number of aromatic nitrogens is 2. The van der Waals surface area contributed by atoms with E-state index in [9.17, 15) is 9.59 Å². The van der Waals surface area contributed by atoms with Crippen LogP contribution in [0.4, 0.5) is 0 Å². The van der Waals surface area contributed by atoms with Crippen molar-refractivity contribution >= 4 is 11.8 Å². The van der Waals surface area contributed by atoms with Crippen molar-refractivity contribution in [2.24, 2.45) is 5.73 Å². The minimum absolute atomic E-state index is 0.147. The van der Waals surface area contributed by atoms with Crippen molar-refractivity contribution < 1.29 is 14.8 Å². The van der Waals surface area contributed by atoms with Gasteiger partial charge in [-0.15, -0.1) is 0 Å². The van der Waals surface area contributed by atoms with Crippen molar-refractivity contribution in [2.75, 3.05) is 6.54 Å². The van der Waals surface area contributed by atoms with Gasteiger partial charge in [-0.25, -0.2) is 10.5 Å². The quantitative estimate of drug-likeness (QED) is 0.333. The number of hydroxylamine groups is 1. The molecule has 2 rings (SSSR count). The third kappa shape index (κ3) is 5.42. The summed E-state index contributed by atoms with van der Waals surface area (Å²) in [5.74, 6) is 9.67. The highest BCUT2D eigenvalue weighted by Gasteiger charge is 2.19. The molecule has 8 heteroatoms. The average molecular weight is 349 g/mol. The van der Waals surface area contributed by atoms with Crippen molar-refractivity contribution in [3.63, 3.8) is 0 Å². The van der Waals surface area contributed by atoms with Gasteiger partial charge < -0.3 is 11.1 Å². The first kappa shape index (κ1) is 18.6. The molecule has 0 unspecified atom stereocenters. The van der Waals surface area contributed by atoms with Crippen LogP contribution in [0.1, 0.15) is 21.6 Å². The summed E-state index contributed by atoms with van der Waals surface area (Å²) >= 11 is 0. The van der Waals surface area contributed by atoms with Crippen molar-refractivity contribution in [1.82, 2.24) is 20.8 Å². The monoisotopic (exact) mass is 349 g/mol. The van der Waals surface area contributed by atoms with Crippen LogP contribution < -0.4 is 16.5 Å². The normalized spacial score (nSPS) is 10.4. The first-order chi connectivity index (χ1) is 12.6. The van der Waals surface area contributed by atoms with Crippen LogP contribution in [0.5, 0.6) is 0 Å². The number of nitrogens with zero attached hydrogens (tertiary/aromatic N) is 2. The number of amides is 2.